The molecule has 1 aromatic rings. The van der Waals surface area contributed by atoms with Gasteiger partial charge in [0.15, 0.2) is 6.61 Å². The highest BCUT2D eigenvalue weighted by Gasteiger charge is 2.28. The number of rotatable bonds is 3. The lowest BCUT2D eigenvalue weighted by atomic mass is 10.2. The lowest BCUT2D eigenvalue weighted by molar-refractivity contribution is -0.153. The van der Waals surface area contributed by atoms with E-state index in [9.17, 15) is 13.2 Å². The molecule has 0 bridgehead atoms. The number of benzene rings is 1. The first-order valence-corrected chi connectivity index (χ1v) is 4.96. The fourth-order valence-electron chi connectivity index (χ4n) is 1.02. The van der Waals surface area contributed by atoms with Gasteiger partial charge in [0.1, 0.15) is 5.75 Å². The van der Waals surface area contributed by atoms with Gasteiger partial charge in [-0.05, 0) is 12.1 Å². The van der Waals surface area contributed by atoms with E-state index in [2.05, 4.69) is 4.74 Å². The Balaban J connectivity index is 0.00000256. The molecule has 0 amide bonds. The van der Waals surface area contributed by atoms with Crippen molar-refractivity contribution < 1.29 is 17.9 Å². The molecule has 1 rings (SSSR count). The summed E-state index contributed by atoms with van der Waals surface area (Å²) in [5.74, 6) is -0.0375. The van der Waals surface area contributed by atoms with Crippen molar-refractivity contribution in [1.29, 1.82) is 0 Å². The molecule has 0 saturated carbocycles. The first-order chi connectivity index (χ1) is 7.33. The Bertz CT molecular complexity index is 361. The van der Waals surface area contributed by atoms with Crippen LogP contribution in [0.25, 0.3) is 0 Å². The van der Waals surface area contributed by atoms with E-state index in [0.717, 1.165) is 0 Å². The van der Waals surface area contributed by atoms with Gasteiger partial charge in [0.05, 0.1) is 10.0 Å². The molecule has 0 atom stereocenters. The standard InChI is InChI=1S/C9H8Cl2F3NO.ClH/c10-7-1-5(16-4-9(12,13)14)2-8(11)6(7)3-15;/h1-2H,3-4,15H2;1H. The Hall–Kier alpha value is -0.360. The minimum atomic E-state index is -4.40. The summed E-state index contributed by atoms with van der Waals surface area (Å²) in [6, 6.07) is 2.50. The molecule has 0 heterocycles. The smallest absolute Gasteiger partial charge is 0.422 e. The fraction of sp³-hybridized carbons (Fsp3) is 0.333. The van der Waals surface area contributed by atoms with Crippen LogP contribution in [0.1, 0.15) is 5.56 Å². The van der Waals surface area contributed by atoms with Crippen LogP contribution in [0.15, 0.2) is 12.1 Å². The maximum Gasteiger partial charge on any atom is 0.422 e. The highest BCUT2D eigenvalue weighted by molar-refractivity contribution is 6.36. The summed E-state index contributed by atoms with van der Waals surface area (Å²) in [4.78, 5) is 0. The van der Waals surface area contributed by atoms with Crippen molar-refractivity contribution in [2.24, 2.45) is 5.73 Å². The zero-order valence-electron chi connectivity index (χ0n) is 8.35. The number of halogens is 6. The number of hydrogen-bond donors (Lipinski definition) is 1. The number of hydrogen-bond acceptors (Lipinski definition) is 2. The number of alkyl halides is 3. The predicted molar refractivity (Wildman–Crippen MR) is 63.2 cm³/mol. The van der Waals surface area contributed by atoms with E-state index >= 15 is 0 Å². The summed E-state index contributed by atoms with van der Waals surface area (Å²) in [5.41, 5.74) is 5.83. The van der Waals surface area contributed by atoms with Crippen LogP contribution in [0.3, 0.4) is 0 Å². The van der Waals surface area contributed by atoms with Crippen LogP contribution in [0.4, 0.5) is 13.2 Å². The zero-order chi connectivity index (χ0) is 12.3. The minimum Gasteiger partial charge on any atom is -0.484 e. The van der Waals surface area contributed by atoms with Crippen molar-refractivity contribution in [3.05, 3.63) is 27.7 Å². The Labute approximate surface area is 112 Å². The molecule has 0 aromatic heterocycles. The van der Waals surface area contributed by atoms with Gasteiger partial charge in [-0.15, -0.1) is 12.4 Å². The van der Waals surface area contributed by atoms with Crippen LogP contribution in [0, 0.1) is 0 Å². The lowest BCUT2D eigenvalue weighted by Crippen LogP contribution is -2.19. The highest BCUT2D eigenvalue weighted by Crippen LogP contribution is 2.30. The van der Waals surface area contributed by atoms with E-state index in [1.807, 2.05) is 0 Å². The third-order valence-corrected chi connectivity index (χ3v) is 2.40. The third kappa shape index (κ3) is 5.21. The molecule has 0 fully saturated rings. The summed E-state index contributed by atoms with van der Waals surface area (Å²) in [6.07, 6.45) is -4.40. The van der Waals surface area contributed by atoms with Crippen molar-refractivity contribution in [1.82, 2.24) is 0 Å². The Kier molecular flexibility index (Phi) is 6.40. The molecule has 98 valence electrons. The molecular formula is C9H9Cl3F3NO. The van der Waals surface area contributed by atoms with E-state index in [1.54, 1.807) is 0 Å². The summed E-state index contributed by atoms with van der Waals surface area (Å²) in [6.45, 7) is -1.28. The van der Waals surface area contributed by atoms with Gasteiger partial charge in [-0.25, -0.2) is 0 Å². The van der Waals surface area contributed by atoms with Crippen molar-refractivity contribution >= 4 is 35.6 Å². The summed E-state index contributed by atoms with van der Waals surface area (Å²) < 4.78 is 40.1. The van der Waals surface area contributed by atoms with Gasteiger partial charge in [-0.2, -0.15) is 13.2 Å². The van der Waals surface area contributed by atoms with Gasteiger partial charge in [0, 0.05) is 12.1 Å². The van der Waals surface area contributed by atoms with Crippen molar-refractivity contribution in [2.75, 3.05) is 6.61 Å². The van der Waals surface area contributed by atoms with E-state index < -0.39 is 12.8 Å². The van der Waals surface area contributed by atoms with Crippen LogP contribution < -0.4 is 10.5 Å². The van der Waals surface area contributed by atoms with Gasteiger partial charge in [0.2, 0.25) is 0 Å². The summed E-state index contributed by atoms with van der Waals surface area (Å²) in [7, 11) is 0. The SMILES string of the molecule is Cl.NCc1c(Cl)cc(OCC(F)(F)F)cc1Cl. The van der Waals surface area contributed by atoms with E-state index in [-0.39, 0.29) is 34.7 Å². The molecule has 0 saturated heterocycles. The molecule has 2 N–H and O–H groups in total. The maximum absolute atomic E-state index is 11.9. The Morgan fingerprint density at radius 1 is 1.18 bits per heavy atom. The first-order valence-electron chi connectivity index (χ1n) is 4.21. The molecule has 0 aliphatic carbocycles. The number of nitrogens with two attached hydrogens (primary N) is 1. The second-order valence-corrected chi connectivity index (χ2v) is 3.79. The largest absolute Gasteiger partial charge is 0.484 e. The second kappa shape index (κ2) is 6.54. The van der Waals surface area contributed by atoms with Crippen molar-refractivity contribution in [2.45, 2.75) is 12.7 Å². The molecular weight excluding hydrogens is 301 g/mol. The third-order valence-electron chi connectivity index (χ3n) is 1.72. The molecule has 0 aliphatic rings. The van der Waals surface area contributed by atoms with Gasteiger partial charge in [-0.3, -0.25) is 0 Å². The lowest BCUT2D eigenvalue weighted by Gasteiger charge is -2.11. The van der Waals surface area contributed by atoms with Crippen LogP contribution in [-0.2, 0) is 6.54 Å². The Morgan fingerprint density at radius 2 is 1.65 bits per heavy atom. The van der Waals surface area contributed by atoms with Gasteiger partial charge < -0.3 is 10.5 Å². The molecule has 0 radical (unpaired) electrons. The van der Waals surface area contributed by atoms with Crippen LogP contribution in [-0.4, -0.2) is 12.8 Å². The van der Waals surface area contributed by atoms with Gasteiger partial charge in [0.25, 0.3) is 0 Å². The molecule has 0 aliphatic heterocycles. The van der Waals surface area contributed by atoms with E-state index in [0.29, 0.717) is 5.56 Å². The fourth-order valence-corrected chi connectivity index (χ4v) is 1.64. The topological polar surface area (TPSA) is 35.2 Å². The second-order valence-electron chi connectivity index (χ2n) is 2.97. The minimum absolute atomic E-state index is 0. The van der Waals surface area contributed by atoms with E-state index in [1.165, 1.54) is 12.1 Å². The van der Waals surface area contributed by atoms with Crippen LogP contribution >= 0.6 is 35.6 Å². The molecule has 8 heteroatoms. The summed E-state index contributed by atoms with van der Waals surface area (Å²) in [5, 5.41) is 0.374. The molecule has 1 aromatic carbocycles. The Morgan fingerprint density at radius 3 is 2.00 bits per heavy atom. The normalized spacial score (nSPS) is 10.9. The average molecular weight is 311 g/mol. The van der Waals surface area contributed by atoms with Crippen LogP contribution in [0.2, 0.25) is 10.0 Å². The molecule has 2 nitrogen and oxygen atoms in total. The maximum atomic E-state index is 11.9. The summed E-state index contributed by atoms with van der Waals surface area (Å²) >= 11 is 11.5. The van der Waals surface area contributed by atoms with Crippen molar-refractivity contribution in [3.63, 3.8) is 0 Å². The van der Waals surface area contributed by atoms with Crippen LogP contribution in [0.5, 0.6) is 5.75 Å². The number of ether oxygens (including phenoxy) is 1. The highest BCUT2D eigenvalue weighted by atomic mass is 35.5. The van der Waals surface area contributed by atoms with E-state index in [4.69, 9.17) is 28.9 Å². The van der Waals surface area contributed by atoms with Gasteiger partial charge in [-0.1, -0.05) is 23.2 Å². The predicted octanol–water partition coefficient (Wildman–Crippen LogP) is 3.82. The monoisotopic (exact) mass is 309 g/mol. The average Bonchev–Trinajstić information content (AvgIpc) is 2.13. The molecule has 17 heavy (non-hydrogen) atoms. The quantitative estimate of drug-likeness (QED) is 0.921. The first kappa shape index (κ1) is 16.6. The van der Waals surface area contributed by atoms with Crippen molar-refractivity contribution in [3.8, 4) is 5.75 Å². The zero-order valence-corrected chi connectivity index (χ0v) is 10.7. The molecule has 0 spiro atoms. The molecule has 0 unspecified atom stereocenters. The van der Waals surface area contributed by atoms with Gasteiger partial charge >= 0.3 is 6.18 Å².